The summed E-state index contributed by atoms with van der Waals surface area (Å²) >= 11 is 0. The summed E-state index contributed by atoms with van der Waals surface area (Å²) in [5.74, 6) is 0. The van der Waals surface area contributed by atoms with Gasteiger partial charge in [0, 0.05) is 10.4 Å². The van der Waals surface area contributed by atoms with Gasteiger partial charge in [0.1, 0.15) is 0 Å². The third-order valence-electron chi connectivity index (χ3n) is 0.659. The van der Waals surface area contributed by atoms with Crippen LogP contribution in [0.2, 0.25) is 0 Å². The van der Waals surface area contributed by atoms with E-state index >= 15 is 0 Å². The fourth-order valence-electron chi connectivity index (χ4n) is 0.134. The Labute approximate surface area is 50.0 Å². The average Bonchev–Trinajstić information content (AvgIpc) is 1.62. The second-order valence-electron chi connectivity index (χ2n) is 1.29. The predicted octanol–water partition coefficient (Wildman–Crippen LogP) is 1.32. The minimum Gasteiger partial charge on any atom is -0.621 e. The van der Waals surface area contributed by atoms with Crippen LogP contribution in [-0.2, 0) is 14.6 Å². The Morgan fingerprint density at radius 2 is 2.38 bits per heavy atom. The Hall–Kier alpha value is -0.320. The molecule has 3 nitrogen and oxygen atoms in total. The van der Waals surface area contributed by atoms with Crippen LogP contribution < -0.4 is 0 Å². The third-order valence-corrected chi connectivity index (χ3v) is 1.62. The molecule has 1 unspecified atom stereocenters. The van der Waals surface area contributed by atoms with Crippen molar-refractivity contribution >= 4 is 10.4 Å². The standard InChI is InChI=1S/C4H7NO2S/c1-3-4(2)8(5,6)7/h1-3H2,(H-2,5,6,7). The molecule has 8 heavy (non-hydrogen) atoms. The van der Waals surface area contributed by atoms with Gasteiger partial charge in [0.05, 0.1) is 6.92 Å². The second-order valence-corrected chi connectivity index (χ2v) is 2.88. The van der Waals surface area contributed by atoms with E-state index in [1.807, 2.05) is 0 Å². The molecule has 0 saturated carbocycles. The molecule has 1 N–H and O–H groups in total. The van der Waals surface area contributed by atoms with Crippen LogP contribution >= 0.6 is 0 Å². The molecular formula is C4H7NO2S. The van der Waals surface area contributed by atoms with Gasteiger partial charge in [-0.3, -0.25) is 0 Å². The van der Waals surface area contributed by atoms with E-state index in [0.717, 1.165) is 0 Å². The van der Waals surface area contributed by atoms with Crippen LogP contribution in [0.4, 0.5) is 0 Å². The number of allylic oxidation sites excluding steroid dienone is 1. The van der Waals surface area contributed by atoms with E-state index in [0.29, 0.717) is 0 Å². The maximum atomic E-state index is 10.1. The van der Waals surface area contributed by atoms with Gasteiger partial charge >= 0.3 is 0 Å². The lowest BCUT2D eigenvalue weighted by atomic mass is 10.5. The maximum Gasteiger partial charge on any atom is 0.157 e. The van der Waals surface area contributed by atoms with Crippen LogP contribution in [0, 0.1) is 6.92 Å². The topological polar surface area (TPSA) is 63.9 Å². The molecule has 0 aliphatic heterocycles. The first-order valence-corrected chi connectivity index (χ1v) is 3.43. The maximum absolute atomic E-state index is 10.1. The van der Waals surface area contributed by atoms with Gasteiger partial charge in [-0.15, -0.1) is 4.21 Å². The summed E-state index contributed by atoms with van der Waals surface area (Å²) in [5.41, 5.74) is 0. The van der Waals surface area contributed by atoms with Gasteiger partial charge in [-0.2, -0.15) is 0 Å². The van der Waals surface area contributed by atoms with Crippen LogP contribution in [0.15, 0.2) is 11.5 Å². The summed E-state index contributed by atoms with van der Waals surface area (Å²) in [6.07, 6.45) is 0.0752. The first-order valence-electron chi connectivity index (χ1n) is 1.95. The van der Waals surface area contributed by atoms with E-state index in [9.17, 15) is 8.76 Å². The minimum atomic E-state index is -3.76. The third kappa shape index (κ3) is 2.11. The Morgan fingerprint density at radius 3 is 2.38 bits per heavy atom. The average molecular weight is 133 g/mol. The quantitative estimate of drug-likeness (QED) is 0.421. The highest BCUT2D eigenvalue weighted by Gasteiger charge is 2.06. The number of nitrogens with one attached hydrogen (secondary N) is 1. The van der Waals surface area contributed by atoms with Gasteiger partial charge in [-0.05, 0) is 6.58 Å². The molecule has 46 valence electrons. The number of hydrogen-bond donors (Lipinski definition) is 0. The van der Waals surface area contributed by atoms with Crippen molar-refractivity contribution in [2.45, 2.75) is 6.42 Å². The lowest BCUT2D eigenvalue weighted by molar-refractivity contribution is 0.493. The highest BCUT2D eigenvalue weighted by atomic mass is 32.3. The zero-order valence-corrected chi connectivity index (χ0v) is 5.16. The molecular weight excluding hydrogens is 126 g/mol. The van der Waals surface area contributed by atoms with Crippen LogP contribution in [-0.4, -0.2) is 4.55 Å². The van der Waals surface area contributed by atoms with Gasteiger partial charge in [0.2, 0.25) is 0 Å². The van der Waals surface area contributed by atoms with Crippen molar-refractivity contribution < 1.29 is 8.76 Å². The summed E-state index contributed by atoms with van der Waals surface area (Å²) in [6.45, 7) is 6.36. The zero-order chi connectivity index (χ0) is 6.78. The summed E-state index contributed by atoms with van der Waals surface area (Å²) in [7, 11) is -3.76. The molecule has 0 radical (unpaired) electrons. The fraction of sp³-hybridized carbons (Fsp3) is 0.250. The number of rotatable bonds is 2. The van der Waals surface area contributed by atoms with Crippen molar-refractivity contribution in [2.24, 2.45) is 0 Å². The first-order chi connectivity index (χ1) is 3.48. The molecule has 0 aliphatic carbocycles. The summed E-state index contributed by atoms with van der Waals surface area (Å²) in [6, 6.07) is 0. The molecule has 0 amide bonds. The molecule has 0 aromatic heterocycles. The van der Waals surface area contributed by atoms with Crippen molar-refractivity contribution in [3.63, 3.8) is 0 Å². The lowest BCUT2D eigenvalue weighted by Gasteiger charge is -2.14. The number of hydrogen-bond acceptors (Lipinski definition) is 2. The smallest absolute Gasteiger partial charge is 0.157 e. The van der Waals surface area contributed by atoms with Gasteiger partial charge in [-0.25, -0.2) is 0 Å². The number of sulfonamides is 1. The highest BCUT2D eigenvalue weighted by molar-refractivity contribution is 8.02. The van der Waals surface area contributed by atoms with Crippen molar-refractivity contribution in [1.29, 1.82) is 0 Å². The summed E-state index contributed by atoms with van der Waals surface area (Å²) in [5, 5.41) is 6.37. The molecule has 1 atom stereocenters. The van der Waals surface area contributed by atoms with E-state index in [4.69, 9.17) is 5.14 Å². The van der Waals surface area contributed by atoms with Crippen molar-refractivity contribution in [1.82, 2.24) is 0 Å². The second kappa shape index (κ2) is 2.30. The van der Waals surface area contributed by atoms with Crippen LogP contribution in [0.1, 0.15) is 6.42 Å². The Balaban J connectivity index is 4.04. The SMILES string of the molecule is C=C(C[CH2+])[S+]([NH-])(=O)[O-]. The van der Waals surface area contributed by atoms with Gasteiger partial charge < -0.3 is 9.69 Å². The van der Waals surface area contributed by atoms with E-state index in [2.05, 4.69) is 13.5 Å². The van der Waals surface area contributed by atoms with Crippen LogP contribution in [0.3, 0.4) is 0 Å². The monoisotopic (exact) mass is 133 g/mol. The zero-order valence-electron chi connectivity index (χ0n) is 4.35. The molecule has 0 spiro atoms. The normalized spacial score (nSPS) is 17.2. The molecule has 0 saturated heterocycles. The molecule has 0 aromatic rings. The van der Waals surface area contributed by atoms with Gasteiger partial charge in [0.25, 0.3) is 0 Å². The molecule has 0 fully saturated rings. The molecule has 0 heterocycles. The summed E-state index contributed by atoms with van der Waals surface area (Å²) in [4.78, 5) is -0.141. The highest BCUT2D eigenvalue weighted by Crippen LogP contribution is 2.13. The molecule has 0 aliphatic rings. The Morgan fingerprint density at radius 1 is 2.00 bits per heavy atom. The Bertz CT molecular complexity index is 137. The van der Waals surface area contributed by atoms with Crippen molar-refractivity contribution in [2.75, 3.05) is 0 Å². The lowest BCUT2D eigenvalue weighted by Crippen LogP contribution is -2.02. The molecule has 0 rings (SSSR count). The first kappa shape index (κ1) is 7.68. The molecule has 0 aromatic carbocycles. The van der Waals surface area contributed by atoms with Crippen LogP contribution in [0.25, 0.3) is 5.14 Å². The van der Waals surface area contributed by atoms with E-state index in [1.54, 1.807) is 0 Å². The minimum absolute atomic E-state index is 0.0752. The molecule has 0 bridgehead atoms. The molecule has 4 heteroatoms. The van der Waals surface area contributed by atoms with E-state index in [-0.39, 0.29) is 11.3 Å². The van der Waals surface area contributed by atoms with E-state index in [1.165, 1.54) is 0 Å². The summed E-state index contributed by atoms with van der Waals surface area (Å²) < 4.78 is 20.2. The van der Waals surface area contributed by atoms with Gasteiger partial charge in [0.15, 0.2) is 11.3 Å². The Kier molecular flexibility index (Phi) is 2.21. The van der Waals surface area contributed by atoms with Crippen molar-refractivity contribution in [3.05, 3.63) is 23.5 Å². The van der Waals surface area contributed by atoms with E-state index < -0.39 is 10.4 Å². The predicted molar refractivity (Wildman–Crippen MR) is 32.3 cm³/mol. The van der Waals surface area contributed by atoms with Crippen LogP contribution in [0.5, 0.6) is 0 Å². The fourth-order valence-corrected chi connectivity index (χ4v) is 0.403. The van der Waals surface area contributed by atoms with Crippen molar-refractivity contribution in [3.8, 4) is 0 Å². The van der Waals surface area contributed by atoms with Gasteiger partial charge in [-0.1, -0.05) is 0 Å². The largest absolute Gasteiger partial charge is 0.621 e.